The highest BCUT2D eigenvalue weighted by Crippen LogP contribution is 2.69. The van der Waals surface area contributed by atoms with Crippen molar-refractivity contribution in [2.24, 2.45) is 0 Å². The molecule has 0 unspecified atom stereocenters. The van der Waals surface area contributed by atoms with Crippen LogP contribution in [0.4, 0.5) is 0 Å². The molecule has 0 fully saturated rings. The molecule has 1 amide bonds. The standard InChI is InChI=1S/C9H19NO9P2/c1-7(11)3-4-8(12)10-6-2-5-9(13,20(14,15)16)21(17,18)19/h13H,2-6H2,1H3,(H,10,12)(H2,14,15,16)(H2,17,18,19). The molecule has 21 heavy (non-hydrogen) atoms. The Labute approximate surface area is 120 Å². The molecule has 0 radical (unpaired) electrons. The number of aliphatic hydroxyl groups is 1. The minimum Gasteiger partial charge on any atom is -0.368 e. The first-order valence-electron chi connectivity index (χ1n) is 5.91. The Hall–Kier alpha value is -0.600. The van der Waals surface area contributed by atoms with Crippen molar-refractivity contribution in [2.45, 2.75) is 37.7 Å². The predicted molar refractivity (Wildman–Crippen MR) is 71.2 cm³/mol. The summed E-state index contributed by atoms with van der Waals surface area (Å²) in [6, 6.07) is 0. The van der Waals surface area contributed by atoms with Gasteiger partial charge in [0.25, 0.3) is 5.08 Å². The smallest absolute Gasteiger partial charge is 0.368 e. The lowest BCUT2D eigenvalue weighted by atomic mass is 10.2. The number of nitrogens with one attached hydrogen (secondary N) is 1. The van der Waals surface area contributed by atoms with Gasteiger partial charge >= 0.3 is 15.2 Å². The zero-order chi connectivity index (χ0) is 16.9. The van der Waals surface area contributed by atoms with Crippen molar-refractivity contribution in [3.63, 3.8) is 0 Å². The van der Waals surface area contributed by atoms with Gasteiger partial charge in [-0.15, -0.1) is 0 Å². The molecule has 0 spiro atoms. The van der Waals surface area contributed by atoms with Gasteiger partial charge in [-0.25, -0.2) is 0 Å². The molecule has 0 aliphatic heterocycles. The highest BCUT2D eigenvalue weighted by atomic mass is 31.2. The molecular weight excluding hydrogens is 328 g/mol. The summed E-state index contributed by atoms with van der Waals surface area (Å²) < 4.78 is 22.1. The van der Waals surface area contributed by atoms with Crippen molar-refractivity contribution in [3.8, 4) is 0 Å². The van der Waals surface area contributed by atoms with Crippen LogP contribution in [0.5, 0.6) is 0 Å². The molecular formula is C9H19NO9P2. The molecule has 10 nitrogen and oxygen atoms in total. The van der Waals surface area contributed by atoms with Crippen LogP contribution >= 0.6 is 15.2 Å². The predicted octanol–water partition coefficient (Wildman–Crippen LogP) is -0.747. The molecule has 124 valence electrons. The van der Waals surface area contributed by atoms with Crippen molar-refractivity contribution in [1.82, 2.24) is 5.32 Å². The number of Topliss-reactive ketones (excluding diaryl/α,β-unsaturated/α-hetero) is 1. The first kappa shape index (κ1) is 20.4. The largest absolute Gasteiger partial charge is 0.369 e. The summed E-state index contributed by atoms with van der Waals surface area (Å²) in [6.07, 6.45) is -1.18. The van der Waals surface area contributed by atoms with E-state index in [4.69, 9.17) is 19.6 Å². The van der Waals surface area contributed by atoms with E-state index in [1.54, 1.807) is 0 Å². The van der Waals surface area contributed by atoms with Crippen LogP contribution in [0.3, 0.4) is 0 Å². The number of carbonyl (C=O) groups is 2. The van der Waals surface area contributed by atoms with Crippen molar-refractivity contribution in [1.29, 1.82) is 0 Å². The first-order chi connectivity index (χ1) is 9.31. The van der Waals surface area contributed by atoms with Crippen molar-refractivity contribution < 1.29 is 43.4 Å². The summed E-state index contributed by atoms with van der Waals surface area (Å²) in [5.41, 5.74) is 0. The third-order valence-corrected chi connectivity index (χ3v) is 6.52. The molecule has 0 bridgehead atoms. The molecule has 0 aliphatic rings. The van der Waals surface area contributed by atoms with Crippen LogP contribution in [0.2, 0.25) is 0 Å². The Kier molecular flexibility index (Phi) is 7.38. The Balaban J connectivity index is 4.43. The van der Waals surface area contributed by atoms with Crippen LogP contribution in [0.25, 0.3) is 0 Å². The summed E-state index contributed by atoms with van der Waals surface area (Å²) in [4.78, 5) is 57.4. The normalized spacial score (nSPS) is 13.0. The third kappa shape index (κ3) is 6.36. The van der Waals surface area contributed by atoms with Crippen LogP contribution in [0, 0.1) is 0 Å². The van der Waals surface area contributed by atoms with Crippen molar-refractivity contribution in [2.75, 3.05) is 6.54 Å². The molecule has 0 aromatic heterocycles. The molecule has 0 aliphatic carbocycles. The topological polar surface area (TPSA) is 181 Å². The van der Waals surface area contributed by atoms with Crippen LogP contribution < -0.4 is 5.32 Å². The number of hydrogen-bond donors (Lipinski definition) is 6. The average molecular weight is 347 g/mol. The van der Waals surface area contributed by atoms with Gasteiger partial charge in [-0.2, -0.15) is 0 Å². The van der Waals surface area contributed by atoms with E-state index in [0.717, 1.165) is 0 Å². The summed E-state index contributed by atoms with van der Waals surface area (Å²) in [5, 5.41) is 8.38. The minimum atomic E-state index is -5.46. The van der Waals surface area contributed by atoms with Gasteiger partial charge in [-0.3, -0.25) is 13.9 Å². The molecule has 0 atom stereocenters. The van der Waals surface area contributed by atoms with Gasteiger partial charge in [0.15, 0.2) is 0 Å². The third-order valence-electron chi connectivity index (χ3n) is 2.65. The van der Waals surface area contributed by atoms with Gasteiger partial charge in [0.05, 0.1) is 0 Å². The Morgan fingerprint density at radius 1 is 1.05 bits per heavy atom. The summed E-state index contributed by atoms with van der Waals surface area (Å²) in [6.45, 7) is 1.16. The maximum absolute atomic E-state index is 11.2. The van der Waals surface area contributed by atoms with E-state index < -0.39 is 32.6 Å². The second-order valence-electron chi connectivity index (χ2n) is 4.52. The lowest BCUT2D eigenvalue weighted by molar-refractivity contribution is -0.124. The Morgan fingerprint density at radius 3 is 1.90 bits per heavy atom. The summed E-state index contributed by atoms with van der Waals surface area (Å²) >= 11 is 0. The SMILES string of the molecule is CC(=O)CCC(=O)NCCCC(O)(P(=O)(O)O)P(=O)(O)O. The van der Waals surface area contributed by atoms with E-state index in [1.807, 2.05) is 0 Å². The van der Waals surface area contributed by atoms with Crippen molar-refractivity contribution in [3.05, 3.63) is 0 Å². The quantitative estimate of drug-likeness (QED) is 0.231. The van der Waals surface area contributed by atoms with E-state index in [-0.39, 0.29) is 31.6 Å². The van der Waals surface area contributed by atoms with Crippen molar-refractivity contribution >= 4 is 26.9 Å². The molecule has 12 heteroatoms. The fraction of sp³-hybridized carbons (Fsp3) is 0.778. The molecule has 6 N–H and O–H groups in total. The molecule has 0 aromatic carbocycles. The second-order valence-corrected chi connectivity index (χ2v) is 8.53. The molecule has 0 aromatic rings. The van der Waals surface area contributed by atoms with E-state index in [2.05, 4.69) is 5.32 Å². The number of ketones is 1. The minimum absolute atomic E-state index is 0.0424. The Bertz CT molecular complexity index is 458. The molecule has 0 saturated carbocycles. The number of carbonyl (C=O) groups excluding carboxylic acids is 2. The van der Waals surface area contributed by atoms with Gasteiger partial charge in [0, 0.05) is 25.8 Å². The van der Waals surface area contributed by atoms with Crippen LogP contribution in [-0.4, -0.2) is 48.0 Å². The number of rotatable bonds is 9. The fourth-order valence-electron chi connectivity index (χ4n) is 1.39. The monoisotopic (exact) mass is 347 g/mol. The van der Waals surface area contributed by atoms with E-state index >= 15 is 0 Å². The highest BCUT2D eigenvalue weighted by molar-refractivity contribution is 7.72. The van der Waals surface area contributed by atoms with Gasteiger partial charge in [-0.05, 0) is 13.3 Å². The zero-order valence-corrected chi connectivity index (χ0v) is 13.1. The second kappa shape index (κ2) is 7.60. The molecule has 0 rings (SSSR count). The van der Waals surface area contributed by atoms with Gasteiger partial charge in [0.2, 0.25) is 5.91 Å². The Morgan fingerprint density at radius 2 is 1.52 bits per heavy atom. The summed E-state index contributed by atoms with van der Waals surface area (Å²) in [5.74, 6) is -0.663. The van der Waals surface area contributed by atoms with Gasteiger partial charge in [0.1, 0.15) is 5.78 Å². The lowest BCUT2D eigenvalue weighted by Crippen LogP contribution is -2.31. The van der Waals surface area contributed by atoms with Crippen LogP contribution in [0.15, 0.2) is 0 Å². The maximum atomic E-state index is 11.2. The number of hydrogen-bond acceptors (Lipinski definition) is 5. The maximum Gasteiger partial charge on any atom is 0.369 e. The number of amides is 1. The lowest BCUT2D eigenvalue weighted by Gasteiger charge is -2.29. The van der Waals surface area contributed by atoms with Gasteiger partial charge < -0.3 is 34.8 Å². The molecule has 0 saturated heterocycles. The molecule has 0 heterocycles. The van der Waals surface area contributed by atoms with E-state index in [0.29, 0.717) is 0 Å². The summed E-state index contributed by atoms with van der Waals surface area (Å²) in [7, 11) is -10.9. The van der Waals surface area contributed by atoms with Gasteiger partial charge in [-0.1, -0.05) is 0 Å². The zero-order valence-electron chi connectivity index (χ0n) is 11.3. The first-order valence-corrected chi connectivity index (χ1v) is 9.13. The van der Waals surface area contributed by atoms with E-state index in [1.165, 1.54) is 6.92 Å². The fourth-order valence-corrected chi connectivity index (χ4v) is 3.65. The van der Waals surface area contributed by atoms with Crippen LogP contribution in [0.1, 0.15) is 32.6 Å². The average Bonchev–Trinajstić information content (AvgIpc) is 2.28. The van der Waals surface area contributed by atoms with Crippen LogP contribution in [-0.2, 0) is 18.7 Å². The van der Waals surface area contributed by atoms with E-state index in [9.17, 15) is 23.8 Å². The highest BCUT2D eigenvalue weighted by Gasteiger charge is 2.58.